The summed E-state index contributed by atoms with van der Waals surface area (Å²) in [6.07, 6.45) is 0.245. The molecule has 4 aromatic carbocycles. The number of carbonyl (C=O) groups excluding carboxylic acids is 2. The van der Waals surface area contributed by atoms with Gasteiger partial charge in [-0.05, 0) is 48.2 Å². The molecular formula is C36H42N4O6S. The van der Waals surface area contributed by atoms with Crippen molar-refractivity contribution < 1.29 is 28.2 Å². The van der Waals surface area contributed by atoms with Gasteiger partial charge in [-0.2, -0.15) is 0 Å². The maximum absolute atomic E-state index is 13.8. The Morgan fingerprint density at radius 3 is 1.83 bits per heavy atom. The largest absolute Gasteiger partial charge is 0.394 e. The van der Waals surface area contributed by atoms with Gasteiger partial charge in [0.15, 0.2) is 0 Å². The third-order valence-corrected chi connectivity index (χ3v) is 9.19. The van der Waals surface area contributed by atoms with Gasteiger partial charge in [0, 0.05) is 24.7 Å². The SMILES string of the molecule is CC(NC(=O)c1cc(C(=O)NC(Cc2ccccc2)C(O)CNC(CO)c2ccccc2)cc(N(C)S(C)(=O)=O)c1)c1ccccc1. The summed E-state index contributed by atoms with van der Waals surface area (Å²) in [5.41, 5.74) is 2.88. The highest BCUT2D eigenvalue weighted by molar-refractivity contribution is 7.92. The number of hydrogen-bond acceptors (Lipinski definition) is 7. The van der Waals surface area contributed by atoms with Gasteiger partial charge in [-0.3, -0.25) is 13.9 Å². The number of sulfonamides is 1. The first kappa shape index (κ1) is 35.3. The normalized spacial score (nSPS) is 14.0. The van der Waals surface area contributed by atoms with Gasteiger partial charge in [0.1, 0.15) is 0 Å². The number of aliphatic hydroxyl groups excluding tert-OH is 2. The van der Waals surface area contributed by atoms with E-state index in [1.165, 1.54) is 25.2 Å². The van der Waals surface area contributed by atoms with Gasteiger partial charge >= 0.3 is 0 Å². The van der Waals surface area contributed by atoms with Crippen LogP contribution < -0.4 is 20.3 Å². The number of hydrogen-bond donors (Lipinski definition) is 5. The Bertz CT molecular complexity index is 1720. The van der Waals surface area contributed by atoms with Gasteiger partial charge in [-0.1, -0.05) is 91.0 Å². The van der Waals surface area contributed by atoms with E-state index >= 15 is 0 Å². The van der Waals surface area contributed by atoms with E-state index in [1.807, 2.05) is 97.9 Å². The van der Waals surface area contributed by atoms with Gasteiger partial charge in [0.2, 0.25) is 10.0 Å². The smallest absolute Gasteiger partial charge is 0.251 e. The summed E-state index contributed by atoms with van der Waals surface area (Å²) in [4.78, 5) is 27.2. The Balaban J connectivity index is 1.61. The van der Waals surface area contributed by atoms with E-state index in [2.05, 4.69) is 16.0 Å². The fraction of sp³-hybridized carbons (Fsp3) is 0.278. The minimum atomic E-state index is -3.72. The highest BCUT2D eigenvalue weighted by Crippen LogP contribution is 2.23. The van der Waals surface area contributed by atoms with Crippen LogP contribution in [0.25, 0.3) is 0 Å². The lowest BCUT2D eigenvalue weighted by molar-refractivity contribution is 0.0816. The molecule has 2 amide bonds. The van der Waals surface area contributed by atoms with E-state index < -0.39 is 40.0 Å². The Morgan fingerprint density at radius 1 is 0.787 bits per heavy atom. The van der Waals surface area contributed by atoms with Crippen LogP contribution in [0.4, 0.5) is 5.69 Å². The van der Waals surface area contributed by atoms with Crippen molar-refractivity contribution >= 4 is 27.5 Å². The highest BCUT2D eigenvalue weighted by atomic mass is 32.2. The second-order valence-electron chi connectivity index (χ2n) is 11.5. The number of amides is 2. The second-order valence-corrected chi connectivity index (χ2v) is 13.5. The molecular weight excluding hydrogens is 616 g/mol. The minimum Gasteiger partial charge on any atom is -0.394 e. The molecule has 4 rings (SSSR count). The standard InChI is InChI=1S/C36H42N4O6S/c1-25(27-15-9-5-10-16-27)38-35(43)29-20-30(22-31(21-29)40(2)47(3,45)46)36(44)39-32(19-26-13-7-4-8-14-26)34(42)23-37-33(24-41)28-17-11-6-12-18-28/h4-18,20-22,25,32-34,37,41-42H,19,23-24H2,1-3H3,(H,38,43)(H,39,44). The van der Waals surface area contributed by atoms with Crippen LogP contribution in [-0.2, 0) is 16.4 Å². The first-order chi connectivity index (χ1) is 22.5. The van der Waals surface area contributed by atoms with Crippen molar-refractivity contribution in [1.82, 2.24) is 16.0 Å². The molecule has 248 valence electrons. The summed E-state index contributed by atoms with van der Waals surface area (Å²) in [6, 6.07) is 30.7. The monoisotopic (exact) mass is 658 g/mol. The zero-order valence-electron chi connectivity index (χ0n) is 26.7. The molecule has 0 saturated carbocycles. The van der Waals surface area contributed by atoms with Crippen LogP contribution in [0.1, 0.15) is 56.4 Å². The van der Waals surface area contributed by atoms with E-state index in [0.717, 1.165) is 27.3 Å². The molecule has 5 N–H and O–H groups in total. The number of carbonyl (C=O) groups is 2. The topological polar surface area (TPSA) is 148 Å². The first-order valence-electron chi connectivity index (χ1n) is 15.3. The molecule has 4 unspecified atom stereocenters. The van der Waals surface area contributed by atoms with Crippen LogP contribution in [0, 0.1) is 0 Å². The van der Waals surface area contributed by atoms with Gasteiger partial charge in [0.25, 0.3) is 11.8 Å². The molecule has 0 bridgehead atoms. The summed E-state index contributed by atoms with van der Waals surface area (Å²) in [6.45, 7) is 1.69. The van der Waals surface area contributed by atoms with Crippen LogP contribution >= 0.6 is 0 Å². The number of aliphatic hydroxyl groups is 2. The summed E-state index contributed by atoms with van der Waals surface area (Å²) >= 11 is 0. The predicted molar refractivity (Wildman–Crippen MR) is 184 cm³/mol. The summed E-state index contributed by atoms with van der Waals surface area (Å²) in [7, 11) is -2.38. The summed E-state index contributed by atoms with van der Waals surface area (Å²) < 4.78 is 25.9. The molecule has 0 radical (unpaired) electrons. The van der Waals surface area contributed by atoms with Crippen LogP contribution in [-0.4, -0.2) is 69.0 Å². The molecule has 0 saturated heterocycles. The van der Waals surface area contributed by atoms with Crippen LogP contribution in [0.2, 0.25) is 0 Å². The molecule has 47 heavy (non-hydrogen) atoms. The lowest BCUT2D eigenvalue weighted by atomic mass is 9.99. The van der Waals surface area contributed by atoms with Crippen molar-refractivity contribution in [3.63, 3.8) is 0 Å². The van der Waals surface area contributed by atoms with Gasteiger partial charge in [-0.15, -0.1) is 0 Å². The molecule has 0 aliphatic rings. The number of rotatable bonds is 15. The fourth-order valence-electron chi connectivity index (χ4n) is 5.13. The summed E-state index contributed by atoms with van der Waals surface area (Å²) in [5, 5.41) is 30.3. The lowest BCUT2D eigenvalue weighted by Crippen LogP contribution is -2.49. The van der Waals surface area contributed by atoms with Gasteiger partial charge in [0.05, 0.1) is 42.8 Å². The number of benzene rings is 4. The van der Waals surface area contributed by atoms with E-state index in [0.29, 0.717) is 0 Å². The Kier molecular flexibility index (Phi) is 12.3. The van der Waals surface area contributed by atoms with Gasteiger partial charge < -0.3 is 26.2 Å². The van der Waals surface area contributed by atoms with Crippen LogP contribution in [0.15, 0.2) is 109 Å². The molecule has 0 aliphatic carbocycles. The molecule has 0 heterocycles. The first-order valence-corrected chi connectivity index (χ1v) is 17.2. The third-order valence-electron chi connectivity index (χ3n) is 7.99. The molecule has 10 nitrogen and oxygen atoms in total. The zero-order valence-corrected chi connectivity index (χ0v) is 27.5. The number of anilines is 1. The average molecular weight is 659 g/mol. The van der Waals surface area contributed by atoms with E-state index in [9.17, 15) is 28.2 Å². The average Bonchev–Trinajstić information content (AvgIpc) is 3.08. The van der Waals surface area contributed by atoms with E-state index in [1.54, 1.807) is 0 Å². The second kappa shape index (κ2) is 16.3. The van der Waals surface area contributed by atoms with Crippen molar-refractivity contribution in [2.75, 3.05) is 30.8 Å². The maximum atomic E-state index is 13.8. The predicted octanol–water partition coefficient (Wildman–Crippen LogP) is 3.60. The van der Waals surface area contributed by atoms with E-state index in [4.69, 9.17) is 0 Å². The van der Waals surface area contributed by atoms with Crippen LogP contribution in [0.5, 0.6) is 0 Å². The van der Waals surface area contributed by atoms with Crippen molar-refractivity contribution in [2.24, 2.45) is 0 Å². The molecule has 0 fully saturated rings. The lowest BCUT2D eigenvalue weighted by Gasteiger charge is -2.27. The third kappa shape index (κ3) is 9.97. The molecule has 4 aromatic rings. The van der Waals surface area contributed by atoms with Crippen molar-refractivity contribution in [2.45, 2.75) is 37.6 Å². The zero-order chi connectivity index (χ0) is 34.0. The fourth-order valence-corrected chi connectivity index (χ4v) is 5.62. The Labute approximate surface area is 276 Å². The number of nitrogens with zero attached hydrogens (tertiary/aromatic N) is 1. The molecule has 0 spiro atoms. The maximum Gasteiger partial charge on any atom is 0.251 e. The molecule has 0 aliphatic heterocycles. The number of nitrogens with one attached hydrogen (secondary N) is 3. The molecule has 4 atom stereocenters. The van der Waals surface area contributed by atoms with Gasteiger partial charge in [-0.25, -0.2) is 8.42 Å². The van der Waals surface area contributed by atoms with E-state index in [-0.39, 0.29) is 42.4 Å². The van der Waals surface area contributed by atoms with Crippen molar-refractivity contribution in [3.05, 3.63) is 137 Å². The van der Waals surface area contributed by atoms with Crippen LogP contribution in [0.3, 0.4) is 0 Å². The Morgan fingerprint density at radius 2 is 1.30 bits per heavy atom. The quantitative estimate of drug-likeness (QED) is 0.131. The molecule has 11 heteroatoms. The summed E-state index contributed by atoms with van der Waals surface area (Å²) in [5.74, 6) is -1.08. The van der Waals surface area contributed by atoms with Crippen molar-refractivity contribution in [1.29, 1.82) is 0 Å². The highest BCUT2D eigenvalue weighted by Gasteiger charge is 2.26. The molecule has 0 aromatic heterocycles. The van der Waals surface area contributed by atoms with Crippen molar-refractivity contribution in [3.8, 4) is 0 Å². The minimum absolute atomic E-state index is 0.0475. The Hall–Kier alpha value is -4.55.